The van der Waals surface area contributed by atoms with E-state index in [1.165, 1.54) is 0 Å². The highest BCUT2D eigenvalue weighted by atomic mass is 32.1. The van der Waals surface area contributed by atoms with Crippen molar-refractivity contribution in [3.05, 3.63) is 16.6 Å². The molecule has 0 saturated carbocycles. The molecular formula is C10H15N3S. The molecule has 0 aliphatic heterocycles. The number of hydrogen-bond donors (Lipinski definition) is 1. The van der Waals surface area contributed by atoms with Gasteiger partial charge in [0.05, 0.1) is 11.6 Å². The van der Waals surface area contributed by atoms with Crippen LogP contribution < -0.4 is 5.32 Å². The fourth-order valence-corrected chi connectivity index (χ4v) is 1.92. The number of thiazole rings is 1. The quantitative estimate of drug-likeness (QED) is 0.757. The summed E-state index contributed by atoms with van der Waals surface area (Å²) < 4.78 is 0. The van der Waals surface area contributed by atoms with E-state index in [4.69, 9.17) is 5.26 Å². The molecule has 4 heteroatoms. The Kier molecular flexibility index (Phi) is 4.05. The molecule has 76 valence electrons. The van der Waals surface area contributed by atoms with Gasteiger partial charge in [-0.2, -0.15) is 5.26 Å². The van der Waals surface area contributed by atoms with Crippen molar-refractivity contribution in [3.63, 3.8) is 0 Å². The Hall–Kier alpha value is -0.920. The highest BCUT2D eigenvalue weighted by Crippen LogP contribution is 2.21. The SMILES string of the molecule is CC(C)(NCCCC#N)c1nccs1. The second kappa shape index (κ2) is 5.08. The molecule has 0 spiro atoms. The van der Waals surface area contributed by atoms with Crippen LogP contribution in [0, 0.1) is 11.3 Å². The molecule has 1 rings (SSSR count). The average Bonchev–Trinajstić information content (AvgIpc) is 2.65. The first-order valence-corrected chi connectivity index (χ1v) is 5.57. The molecule has 0 radical (unpaired) electrons. The van der Waals surface area contributed by atoms with Gasteiger partial charge >= 0.3 is 0 Å². The average molecular weight is 209 g/mol. The normalized spacial score (nSPS) is 11.2. The molecule has 1 heterocycles. The summed E-state index contributed by atoms with van der Waals surface area (Å²) in [7, 11) is 0. The van der Waals surface area contributed by atoms with Gasteiger partial charge in [0, 0.05) is 18.0 Å². The van der Waals surface area contributed by atoms with E-state index in [0.29, 0.717) is 6.42 Å². The predicted octanol–water partition coefficient (Wildman–Crippen LogP) is 2.27. The summed E-state index contributed by atoms with van der Waals surface area (Å²) in [6, 6.07) is 2.14. The zero-order valence-corrected chi connectivity index (χ0v) is 9.40. The molecule has 1 aromatic rings. The molecule has 14 heavy (non-hydrogen) atoms. The number of aromatic nitrogens is 1. The Morgan fingerprint density at radius 1 is 1.64 bits per heavy atom. The van der Waals surface area contributed by atoms with Crippen molar-refractivity contribution < 1.29 is 0 Å². The summed E-state index contributed by atoms with van der Waals surface area (Å²) in [5.74, 6) is 0. The van der Waals surface area contributed by atoms with Crippen molar-refractivity contribution in [1.82, 2.24) is 10.3 Å². The van der Waals surface area contributed by atoms with Gasteiger partial charge in [0.2, 0.25) is 0 Å². The second-order valence-electron chi connectivity index (χ2n) is 3.65. The van der Waals surface area contributed by atoms with E-state index in [0.717, 1.165) is 18.0 Å². The molecular weight excluding hydrogens is 194 g/mol. The van der Waals surface area contributed by atoms with E-state index >= 15 is 0 Å². The fraction of sp³-hybridized carbons (Fsp3) is 0.600. The zero-order chi connectivity index (χ0) is 10.4. The topological polar surface area (TPSA) is 48.7 Å². The predicted molar refractivity (Wildman–Crippen MR) is 58.0 cm³/mol. The van der Waals surface area contributed by atoms with Crippen LogP contribution in [0.2, 0.25) is 0 Å². The van der Waals surface area contributed by atoms with E-state index < -0.39 is 0 Å². The monoisotopic (exact) mass is 209 g/mol. The first-order chi connectivity index (χ1) is 6.67. The lowest BCUT2D eigenvalue weighted by atomic mass is 10.1. The summed E-state index contributed by atoms with van der Waals surface area (Å²) in [6.07, 6.45) is 3.32. The number of nitrogens with one attached hydrogen (secondary N) is 1. The van der Waals surface area contributed by atoms with Crippen LogP contribution in [0.25, 0.3) is 0 Å². The van der Waals surface area contributed by atoms with Gasteiger partial charge in [0.1, 0.15) is 5.01 Å². The fourth-order valence-electron chi connectivity index (χ4n) is 1.18. The lowest BCUT2D eigenvalue weighted by Gasteiger charge is -2.23. The first kappa shape index (κ1) is 11.2. The van der Waals surface area contributed by atoms with Crippen LogP contribution in [-0.2, 0) is 5.54 Å². The van der Waals surface area contributed by atoms with Crippen LogP contribution >= 0.6 is 11.3 Å². The van der Waals surface area contributed by atoms with E-state index in [-0.39, 0.29) is 5.54 Å². The van der Waals surface area contributed by atoms with Crippen molar-refractivity contribution in [3.8, 4) is 6.07 Å². The van der Waals surface area contributed by atoms with Crippen molar-refractivity contribution >= 4 is 11.3 Å². The van der Waals surface area contributed by atoms with Gasteiger partial charge < -0.3 is 5.32 Å². The van der Waals surface area contributed by atoms with Crippen LogP contribution in [0.3, 0.4) is 0 Å². The maximum Gasteiger partial charge on any atom is 0.112 e. The van der Waals surface area contributed by atoms with Gasteiger partial charge in [0.25, 0.3) is 0 Å². The molecule has 1 aromatic heterocycles. The minimum absolute atomic E-state index is 0.0797. The third kappa shape index (κ3) is 3.09. The Bertz CT molecular complexity index is 298. The minimum Gasteiger partial charge on any atom is -0.306 e. The smallest absolute Gasteiger partial charge is 0.112 e. The molecule has 0 fully saturated rings. The molecule has 0 unspecified atom stereocenters. The Labute approximate surface area is 88.8 Å². The third-order valence-corrected chi connectivity index (χ3v) is 3.10. The number of rotatable bonds is 5. The number of unbranched alkanes of at least 4 members (excludes halogenated alkanes) is 1. The van der Waals surface area contributed by atoms with Crippen molar-refractivity contribution in [1.29, 1.82) is 5.26 Å². The van der Waals surface area contributed by atoms with Crippen molar-refractivity contribution in [2.45, 2.75) is 32.2 Å². The van der Waals surface area contributed by atoms with Gasteiger partial charge in [-0.15, -0.1) is 11.3 Å². The summed E-state index contributed by atoms with van der Waals surface area (Å²) >= 11 is 1.66. The van der Waals surface area contributed by atoms with E-state index in [9.17, 15) is 0 Å². The Morgan fingerprint density at radius 3 is 3.00 bits per heavy atom. The highest BCUT2D eigenvalue weighted by Gasteiger charge is 2.21. The van der Waals surface area contributed by atoms with Crippen LogP contribution in [-0.4, -0.2) is 11.5 Å². The Balaban J connectivity index is 2.39. The summed E-state index contributed by atoms with van der Waals surface area (Å²) in [4.78, 5) is 4.28. The summed E-state index contributed by atoms with van der Waals surface area (Å²) in [5, 5.41) is 14.9. The zero-order valence-electron chi connectivity index (χ0n) is 8.58. The molecule has 0 aliphatic carbocycles. The largest absolute Gasteiger partial charge is 0.306 e. The van der Waals surface area contributed by atoms with Gasteiger partial charge in [-0.05, 0) is 26.8 Å². The van der Waals surface area contributed by atoms with Crippen LogP contribution in [0.1, 0.15) is 31.7 Å². The molecule has 1 N–H and O–H groups in total. The maximum atomic E-state index is 8.39. The van der Waals surface area contributed by atoms with E-state index in [1.54, 1.807) is 11.3 Å². The van der Waals surface area contributed by atoms with Gasteiger partial charge in [-0.25, -0.2) is 4.98 Å². The van der Waals surface area contributed by atoms with Crippen molar-refractivity contribution in [2.24, 2.45) is 0 Å². The third-order valence-electron chi connectivity index (χ3n) is 2.00. The Morgan fingerprint density at radius 2 is 2.43 bits per heavy atom. The highest BCUT2D eigenvalue weighted by molar-refractivity contribution is 7.09. The molecule has 3 nitrogen and oxygen atoms in total. The molecule has 0 amide bonds. The lowest BCUT2D eigenvalue weighted by Crippen LogP contribution is -2.36. The van der Waals surface area contributed by atoms with E-state index in [1.807, 2.05) is 11.6 Å². The van der Waals surface area contributed by atoms with Gasteiger partial charge in [-0.1, -0.05) is 0 Å². The minimum atomic E-state index is -0.0797. The summed E-state index contributed by atoms with van der Waals surface area (Å²) in [6.45, 7) is 5.08. The molecule has 0 saturated heterocycles. The molecule has 0 aliphatic rings. The number of nitrogens with zero attached hydrogens (tertiary/aromatic N) is 2. The van der Waals surface area contributed by atoms with Crippen LogP contribution in [0.5, 0.6) is 0 Å². The number of nitriles is 1. The second-order valence-corrected chi connectivity index (χ2v) is 4.55. The van der Waals surface area contributed by atoms with Crippen LogP contribution in [0.15, 0.2) is 11.6 Å². The lowest BCUT2D eigenvalue weighted by molar-refractivity contribution is 0.399. The maximum absolute atomic E-state index is 8.39. The van der Waals surface area contributed by atoms with E-state index in [2.05, 4.69) is 30.2 Å². The van der Waals surface area contributed by atoms with Crippen molar-refractivity contribution in [2.75, 3.05) is 6.54 Å². The van der Waals surface area contributed by atoms with Crippen LogP contribution in [0.4, 0.5) is 0 Å². The summed E-state index contributed by atoms with van der Waals surface area (Å²) in [5.41, 5.74) is -0.0797. The van der Waals surface area contributed by atoms with Gasteiger partial charge in [-0.3, -0.25) is 0 Å². The standard InChI is InChI=1S/C10H15N3S/c1-10(2,9-12-7-8-14-9)13-6-4-3-5-11/h7-8,13H,3-4,6H2,1-2H3. The molecule has 0 bridgehead atoms. The van der Waals surface area contributed by atoms with Gasteiger partial charge in [0.15, 0.2) is 0 Å². The first-order valence-electron chi connectivity index (χ1n) is 4.69. The number of hydrogen-bond acceptors (Lipinski definition) is 4. The molecule has 0 atom stereocenters. The molecule has 0 aromatic carbocycles.